The monoisotopic (exact) mass is 260 g/mol. The Morgan fingerprint density at radius 3 is 2.67 bits per heavy atom. The van der Waals surface area contributed by atoms with Crippen molar-refractivity contribution in [3.63, 3.8) is 0 Å². The molecule has 2 aromatic rings. The van der Waals surface area contributed by atoms with Crippen LogP contribution in [0.1, 0.15) is 10.7 Å². The minimum absolute atomic E-state index is 0.742. The molecule has 1 N–H and O–H groups in total. The molecule has 0 saturated carbocycles. The number of thiazole rings is 1. The molecule has 18 heavy (non-hydrogen) atoms. The summed E-state index contributed by atoms with van der Waals surface area (Å²) in [6, 6.07) is 3.87. The van der Waals surface area contributed by atoms with E-state index < -0.39 is 0 Å². The molecule has 5 nitrogen and oxygen atoms in total. The summed E-state index contributed by atoms with van der Waals surface area (Å²) in [5.74, 6) is 0. The van der Waals surface area contributed by atoms with Crippen LogP contribution in [0.15, 0.2) is 29.5 Å². The lowest BCUT2D eigenvalue weighted by atomic mass is 10.2. The zero-order valence-corrected chi connectivity index (χ0v) is 10.8. The van der Waals surface area contributed by atoms with Crippen molar-refractivity contribution in [1.82, 2.24) is 9.97 Å². The van der Waals surface area contributed by atoms with Crippen LogP contribution in [-0.2, 0) is 0 Å². The largest absolute Gasteiger partial charge is 0.400 e. The van der Waals surface area contributed by atoms with Gasteiger partial charge in [-0.3, -0.25) is 4.98 Å². The Morgan fingerprint density at radius 1 is 1.39 bits per heavy atom. The number of nitriles is 1. The smallest absolute Gasteiger partial charge is 0.205 e. The van der Waals surface area contributed by atoms with Crippen molar-refractivity contribution >= 4 is 17.6 Å². The lowest BCUT2D eigenvalue weighted by Crippen LogP contribution is -1.79. The summed E-state index contributed by atoms with van der Waals surface area (Å²) in [6.45, 7) is 1.94. The molecular weight excluding hydrogens is 248 g/mol. The van der Waals surface area contributed by atoms with Crippen LogP contribution in [0.4, 0.5) is 0 Å². The molecular formula is C12H12N4OS. The summed E-state index contributed by atoms with van der Waals surface area (Å²) in [5.41, 5.74) is 2.03. The summed E-state index contributed by atoms with van der Waals surface area (Å²) in [5, 5.41) is 16.1. The van der Waals surface area contributed by atoms with E-state index in [2.05, 4.69) is 15.0 Å². The van der Waals surface area contributed by atoms with Crippen LogP contribution >= 0.6 is 11.3 Å². The predicted molar refractivity (Wildman–Crippen MR) is 71.4 cm³/mol. The Morgan fingerprint density at radius 2 is 2.06 bits per heavy atom. The van der Waals surface area contributed by atoms with Gasteiger partial charge in [0.2, 0.25) is 6.19 Å². The number of hydrogen-bond donors (Lipinski definition) is 1. The van der Waals surface area contributed by atoms with E-state index in [-0.39, 0.29) is 0 Å². The van der Waals surface area contributed by atoms with Crippen molar-refractivity contribution in [2.24, 2.45) is 4.99 Å². The molecule has 0 spiro atoms. The lowest BCUT2D eigenvalue weighted by molar-refractivity contribution is 0.399. The molecule has 0 atom stereocenters. The average Bonchev–Trinajstić information content (AvgIpc) is 2.81. The van der Waals surface area contributed by atoms with Gasteiger partial charge in [0, 0.05) is 19.5 Å². The summed E-state index contributed by atoms with van der Waals surface area (Å²) >= 11 is 1.51. The van der Waals surface area contributed by atoms with Crippen LogP contribution < -0.4 is 0 Å². The van der Waals surface area contributed by atoms with E-state index in [0.717, 1.165) is 28.3 Å². The minimum atomic E-state index is 0.742. The van der Waals surface area contributed by atoms with Gasteiger partial charge in [0.25, 0.3) is 0 Å². The number of aryl methyl sites for hydroxylation is 1. The highest BCUT2D eigenvalue weighted by molar-refractivity contribution is 7.16. The fourth-order valence-corrected chi connectivity index (χ4v) is 2.27. The third-order valence-corrected chi connectivity index (χ3v) is 3.13. The van der Waals surface area contributed by atoms with E-state index >= 15 is 0 Å². The van der Waals surface area contributed by atoms with Crippen LogP contribution in [0.3, 0.4) is 0 Å². The number of aliphatic hydroxyl groups excluding tert-OH is 1. The van der Waals surface area contributed by atoms with E-state index in [0.29, 0.717) is 0 Å². The zero-order valence-electron chi connectivity index (χ0n) is 10.0. The third kappa shape index (κ3) is 3.45. The van der Waals surface area contributed by atoms with Crippen molar-refractivity contribution in [3.05, 3.63) is 35.2 Å². The Balaban J connectivity index is 0.000000771. The van der Waals surface area contributed by atoms with E-state index in [4.69, 9.17) is 10.4 Å². The van der Waals surface area contributed by atoms with Crippen molar-refractivity contribution in [3.8, 4) is 16.6 Å². The first-order valence-corrected chi connectivity index (χ1v) is 5.87. The number of aliphatic hydroxyl groups is 1. The first kappa shape index (κ1) is 14.0. The maximum absolute atomic E-state index is 8.34. The van der Waals surface area contributed by atoms with Gasteiger partial charge in [-0.1, -0.05) is 0 Å². The summed E-state index contributed by atoms with van der Waals surface area (Å²) in [4.78, 5) is 12.9. The Hall–Kier alpha value is -2.10. The van der Waals surface area contributed by atoms with Crippen LogP contribution in [0, 0.1) is 18.4 Å². The SMILES string of the molecule is CO.Cc1nc(C=NC#N)sc1-c1ccncc1. The van der Waals surface area contributed by atoms with Crippen LogP contribution in [0.2, 0.25) is 0 Å². The van der Waals surface area contributed by atoms with E-state index in [1.165, 1.54) is 17.6 Å². The molecule has 92 valence electrons. The zero-order chi connectivity index (χ0) is 13.4. The second-order valence-electron chi connectivity index (χ2n) is 3.06. The molecule has 0 unspecified atom stereocenters. The maximum atomic E-state index is 8.34. The standard InChI is InChI=1S/C11H8N4S.CH4O/c1-8-11(9-2-4-13-5-3-9)16-10(15-8)6-14-7-12;1-2/h2-6H,1H3;2H,1H3. The molecule has 0 aliphatic heterocycles. The molecule has 0 saturated heterocycles. The summed E-state index contributed by atoms with van der Waals surface area (Å²) in [6.07, 6.45) is 6.68. The highest BCUT2D eigenvalue weighted by Crippen LogP contribution is 2.28. The fourth-order valence-electron chi connectivity index (χ4n) is 1.33. The van der Waals surface area contributed by atoms with Gasteiger partial charge in [0.1, 0.15) is 5.01 Å². The highest BCUT2D eigenvalue weighted by atomic mass is 32.1. The molecule has 6 heteroatoms. The van der Waals surface area contributed by atoms with Gasteiger partial charge in [0.15, 0.2) is 0 Å². The van der Waals surface area contributed by atoms with Gasteiger partial charge in [-0.25, -0.2) is 4.98 Å². The van der Waals surface area contributed by atoms with Crippen molar-refractivity contribution in [1.29, 1.82) is 5.26 Å². The summed E-state index contributed by atoms with van der Waals surface area (Å²) in [7, 11) is 1.00. The normalized spacial score (nSPS) is 9.67. The van der Waals surface area contributed by atoms with Gasteiger partial charge in [-0.2, -0.15) is 10.3 Å². The molecule has 0 amide bonds. The van der Waals surface area contributed by atoms with Crippen LogP contribution in [0.5, 0.6) is 0 Å². The Bertz CT molecular complexity index is 557. The van der Waals surface area contributed by atoms with E-state index in [1.54, 1.807) is 18.6 Å². The molecule has 0 radical (unpaired) electrons. The number of rotatable bonds is 2. The number of pyridine rings is 1. The van der Waals surface area contributed by atoms with Gasteiger partial charge < -0.3 is 5.11 Å². The minimum Gasteiger partial charge on any atom is -0.400 e. The van der Waals surface area contributed by atoms with Crippen LogP contribution in [-0.4, -0.2) is 28.4 Å². The molecule has 0 bridgehead atoms. The quantitative estimate of drug-likeness (QED) is 0.661. The molecule has 2 rings (SSSR count). The molecule has 0 aliphatic rings. The van der Waals surface area contributed by atoms with Crippen molar-refractivity contribution in [2.45, 2.75) is 6.92 Å². The lowest BCUT2D eigenvalue weighted by Gasteiger charge is -1.95. The second kappa shape index (κ2) is 7.27. The van der Waals surface area contributed by atoms with Gasteiger partial charge in [-0.05, 0) is 24.6 Å². The first-order chi connectivity index (χ1) is 8.81. The number of aromatic nitrogens is 2. The Kier molecular flexibility index (Phi) is 5.64. The van der Waals surface area contributed by atoms with Crippen molar-refractivity contribution in [2.75, 3.05) is 7.11 Å². The topological polar surface area (TPSA) is 82.2 Å². The van der Waals surface area contributed by atoms with Crippen LogP contribution in [0.25, 0.3) is 10.4 Å². The third-order valence-electron chi connectivity index (χ3n) is 1.99. The van der Waals surface area contributed by atoms with Gasteiger partial charge >= 0.3 is 0 Å². The molecule has 2 heterocycles. The Labute approximate surface area is 109 Å². The summed E-state index contributed by atoms with van der Waals surface area (Å²) < 4.78 is 0. The molecule has 0 aromatic carbocycles. The number of aliphatic imine (C=N–C) groups is 1. The van der Waals surface area contributed by atoms with E-state index in [9.17, 15) is 0 Å². The molecule has 0 fully saturated rings. The predicted octanol–water partition coefficient (Wildman–Crippen LogP) is 2.02. The second-order valence-corrected chi connectivity index (χ2v) is 4.09. The first-order valence-electron chi connectivity index (χ1n) is 5.06. The van der Waals surface area contributed by atoms with E-state index in [1.807, 2.05) is 19.1 Å². The molecule has 0 aliphatic carbocycles. The fraction of sp³-hybridized carbons (Fsp3) is 0.167. The van der Waals surface area contributed by atoms with Gasteiger partial charge in [0.05, 0.1) is 16.8 Å². The molecule has 2 aromatic heterocycles. The maximum Gasteiger partial charge on any atom is 0.205 e. The number of hydrogen-bond acceptors (Lipinski definition) is 6. The highest BCUT2D eigenvalue weighted by Gasteiger charge is 2.07. The number of nitrogens with zero attached hydrogens (tertiary/aromatic N) is 4. The average molecular weight is 260 g/mol. The van der Waals surface area contributed by atoms with Gasteiger partial charge in [-0.15, -0.1) is 11.3 Å². The van der Waals surface area contributed by atoms with Crippen molar-refractivity contribution < 1.29 is 5.11 Å².